The third kappa shape index (κ3) is 4.78. The monoisotopic (exact) mass is 278 g/mol. The van der Waals surface area contributed by atoms with E-state index in [0.717, 1.165) is 37.6 Å². The molecule has 0 amide bonds. The van der Waals surface area contributed by atoms with Crippen LogP contribution in [0.1, 0.15) is 18.4 Å². The number of piperidine rings is 1. The van der Waals surface area contributed by atoms with Crippen LogP contribution in [0, 0.1) is 5.92 Å². The van der Waals surface area contributed by atoms with Gasteiger partial charge in [-0.1, -0.05) is 12.1 Å². The number of ether oxygens (including phenoxy) is 2. The van der Waals surface area contributed by atoms with Gasteiger partial charge < -0.3 is 15.2 Å². The predicted molar refractivity (Wildman–Crippen MR) is 80.9 cm³/mol. The van der Waals surface area contributed by atoms with Crippen molar-refractivity contribution in [2.75, 3.05) is 40.0 Å². The first-order chi connectivity index (χ1) is 9.81. The highest BCUT2D eigenvalue weighted by Crippen LogP contribution is 2.17. The fourth-order valence-corrected chi connectivity index (χ4v) is 2.78. The number of benzene rings is 1. The first kappa shape index (κ1) is 15.3. The van der Waals surface area contributed by atoms with E-state index in [9.17, 15) is 0 Å². The minimum absolute atomic E-state index is 0.558. The number of nitrogens with two attached hydrogens (primary N) is 1. The lowest BCUT2D eigenvalue weighted by Gasteiger charge is -2.32. The Morgan fingerprint density at radius 1 is 1.40 bits per heavy atom. The second kappa shape index (κ2) is 8.25. The van der Waals surface area contributed by atoms with Crippen LogP contribution in [0.5, 0.6) is 5.75 Å². The van der Waals surface area contributed by atoms with E-state index in [0.29, 0.717) is 12.5 Å². The molecule has 1 aliphatic rings. The van der Waals surface area contributed by atoms with E-state index in [1.165, 1.54) is 19.4 Å². The largest absolute Gasteiger partial charge is 0.492 e. The molecule has 112 valence electrons. The summed E-state index contributed by atoms with van der Waals surface area (Å²) in [6.45, 7) is 5.44. The molecule has 1 unspecified atom stereocenters. The predicted octanol–water partition coefficient (Wildman–Crippen LogP) is 1.88. The van der Waals surface area contributed by atoms with Gasteiger partial charge in [-0.3, -0.25) is 4.90 Å². The van der Waals surface area contributed by atoms with Crippen molar-refractivity contribution >= 4 is 0 Å². The molecule has 0 aromatic heterocycles. The molecule has 0 spiro atoms. The van der Waals surface area contributed by atoms with Crippen LogP contribution < -0.4 is 10.5 Å². The molecule has 20 heavy (non-hydrogen) atoms. The third-order valence-electron chi connectivity index (χ3n) is 3.82. The highest BCUT2D eigenvalue weighted by atomic mass is 16.5. The fraction of sp³-hybridized carbons (Fsp3) is 0.625. The highest BCUT2D eigenvalue weighted by Gasteiger charge is 2.19. The molecule has 1 aromatic carbocycles. The molecule has 1 aromatic rings. The molecule has 0 saturated carbocycles. The topological polar surface area (TPSA) is 47.7 Å². The first-order valence-corrected chi connectivity index (χ1v) is 7.45. The second-order valence-electron chi connectivity index (χ2n) is 5.46. The van der Waals surface area contributed by atoms with E-state index in [1.807, 2.05) is 24.3 Å². The molecule has 1 fully saturated rings. The lowest BCUT2D eigenvalue weighted by molar-refractivity contribution is 0.0832. The number of likely N-dealkylation sites (tertiary alicyclic amines) is 1. The van der Waals surface area contributed by atoms with Gasteiger partial charge in [0.15, 0.2) is 0 Å². The van der Waals surface area contributed by atoms with Crippen LogP contribution in [0.25, 0.3) is 0 Å². The molecule has 1 saturated heterocycles. The molecular formula is C16H26N2O2. The summed E-state index contributed by atoms with van der Waals surface area (Å²) in [5.41, 5.74) is 6.74. The summed E-state index contributed by atoms with van der Waals surface area (Å²) in [6, 6.07) is 8.02. The number of methoxy groups -OCH3 is 1. The standard InChI is InChI=1S/C16H26N2O2/c1-19-13-15-5-3-7-18(12-15)8-9-20-16-6-2-4-14(10-16)11-17/h2,4,6,10,15H,3,5,7-9,11-13,17H2,1H3. The van der Waals surface area contributed by atoms with E-state index < -0.39 is 0 Å². The van der Waals surface area contributed by atoms with E-state index in [4.69, 9.17) is 15.2 Å². The van der Waals surface area contributed by atoms with Crippen molar-refractivity contribution in [3.8, 4) is 5.75 Å². The summed E-state index contributed by atoms with van der Waals surface area (Å²) in [6.07, 6.45) is 2.54. The zero-order valence-electron chi connectivity index (χ0n) is 12.4. The van der Waals surface area contributed by atoms with Gasteiger partial charge in [0.2, 0.25) is 0 Å². The van der Waals surface area contributed by atoms with Gasteiger partial charge in [0.05, 0.1) is 6.61 Å². The van der Waals surface area contributed by atoms with Gasteiger partial charge in [-0.05, 0) is 43.0 Å². The number of rotatable bonds is 7. The van der Waals surface area contributed by atoms with Gasteiger partial charge in [-0.25, -0.2) is 0 Å². The van der Waals surface area contributed by atoms with Crippen molar-refractivity contribution in [1.82, 2.24) is 4.90 Å². The Kier molecular flexibility index (Phi) is 6.30. The van der Waals surface area contributed by atoms with Crippen LogP contribution in [0.3, 0.4) is 0 Å². The molecular weight excluding hydrogens is 252 g/mol. The molecule has 0 bridgehead atoms. The number of hydrogen-bond donors (Lipinski definition) is 1. The molecule has 4 heteroatoms. The molecule has 0 radical (unpaired) electrons. The Hall–Kier alpha value is -1.10. The smallest absolute Gasteiger partial charge is 0.119 e. The third-order valence-corrected chi connectivity index (χ3v) is 3.82. The van der Waals surface area contributed by atoms with Gasteiger partial charge in [-0.2, -0.15) is 0 Å². The highest BCUT2D eigenvalue weighted by molar-refractivity contribution is 5.28. The van der Waals surface area contributed by atoms with Gasteiger partial charge in [0.25, 0.3) is 0 Å². The molecule has 1 atom stereocenters. The maximum Gasteiger partial charge on any atom is 0.119 e. The van der Waals surface area contributed by atoms with Crippen molar-refractivity contribution in [2.24, 2.45) is 11.7 Å². The summed E-state index contributed by atoms with van der Waals surface area (Å²) in [4.78, 5) is 2.47. The maximum atomic E-state index is 5.82. The van der Waals surface area contributed by atoms with E-state index >= 15 is 0 Å². The van der Waals surface area contributed by atoms with Crippen molar-refractivity contribution in [2.45, 2.75) is 19.4 Å². The summed E-state index contributed by atoms with van der Waals surface area (Å²) in [5.74, 6) is 1.59. The van der Waals surface area contributed by atoms with Crippen molar-refractivity contribution in [3.63, 3.8) is 0 Å². The van der Waals surface area contributed by atoms with Crippen molar-refractivity contribution < 1.29 is 9.47 Å². The summed E-state index contributed by atoms with van der Waals surface area (Å²) in [7, 11) is 1.78. The molecule has 2 N–H and O–H groups in total. The van der Waals surface area contributed by atoms with Gasteiger partial charge in [-0.15, -0.1) is 0 Å². The summed E-state index contributed by atoms with van der Waals surface area (Å²) in [5, 5.41) is 0. The lowest BCUT2D eigenvalue weighted by atomic mass is 9.99. The Bertz CT molecular complexity index is 396. The van der Waals surface area contributed by atoms with Gasteiger partial charge in [0, 0.05) is 26.7 Å². The van der Waals surface area contributed by atoms with Crippen LogP contribution in [0.4, 0.5) is 0 Å². The maximum absolute atomic E-state index is 5.82. The van der Waals surface area contributed by atoms with E-state index in [-0.39, 0.29) is 0 Å². The van der Waals surface area contributed by atoms with E-state index in [1.54, 1.807) is 7.11 Å². The molecule has 4 nitrogen and oxygen atoms in total. The SMILES string of the molecule is COCC1CCCN(CCOc2cccc(CN)c2)C1. The van der Waals surface area contributed by atoms with Crippen molar-refractivity contribution in [1.29, 1.82) is 0 Å². The molecule has 2 rings (SSSR count). The number of hydrogen-bond acceptors (Lipinski definition) is 4. The second-order valence-corrected chi connectivity index (χ2v) is 5.46. The van der Waals surface area contributed by atoms with E-state index in [2.05, 4.69) is 4.90 Å². The Labute approximate surface area is 121 Å². The zero-order valence-corrected chi connectivity index (χ0v) is 12.4. The quantitative estimate of drug-likeness (QED) is 0.827. The minimum Gasteiger partial charge on any atom is -0.492 e. The van der Waals surface area contributed by atoms with Crippen LogP contribution in [0.2, 0.25) is 0 Å². The minimum atomic E-state index is 0.558. The Balaban J connectivity index is 1.72. The van der Waals surface area contributed by atoms with Gasteiger partial charge >= 0.3 is 0 Å². The molecule has 0 aliphatic carbocycles. The number of nitrogens with zero attached hydrogens (tertiary/aromatic N) is 1. The van der Waals surface area contributed by atoms with Crippen LogP contribution in [-0.2, 0) is 11.3 Å². The molecule has 1 aliphatic heterocycles. The summed E-state index contributed by atoms with van der Waals surface area (Å²) >= 11 is 0. The average molecular weight is 278 g/mol. The normalized spacial score (nSPS) is 20.0. The Morgan fingerprint density at radius 3 is 3.10 bits per heavy atom. The zero-order chi connectivity index (χ0) is 14.2. The van der Waals surface area contributed by atoms with Crippen LogP contribution in [-0.4, -0.2) is 44.9 Å². The molecule has 1 heterocycles. The summed E-state index contributed by atoms with van der Waals surface area (Å²) < 4.78 is 11.1. The Morgan fingerprint density at radius 2 is 2.30 bits per heavy atom. The average Bonchev–Trinajstić information content (AvgIpc) is 2.48. The van der Waals surface area contributed by atoms with Crippen LogP contribution in [0.15, 0.2) is 24.3 Å². The fourth-order valence-electron chi connectivity index (χ4n) is 2.78. The van der Waals surface area contributed by atoms with Gasteiger partial charge in [0.1, 0.15) is 12.4 Å². The first-order valence-electron chi connectivity index (χ1n) is 7.45. The lowest BCUT2D eigenvalue weighted by Crippen LogP contribution is -2.39. The van der Waals surface area contributed by atoms with Crippen molar-refractivity contribution in [3.05, 3.63) is 29.8 Å². The van der Waals surface area contributed by atoms with Crippen LogP contribution >= 0.6 is 0 Å².